The van der Waals surface area contributed by atoms with Crippen LogP contribution in [0.1, 0.15) is 73.9 Å². The molecule has 0 aromatic heterocycles. The average Bonchev–Trinajstić information content (AvgIpc) is 3.54. The van der Waals surface area contributed by atoms with E-state index >= 15 is 0 Å². The van der Waals surface area contributed by atoms with E-state index in [0.29, 0.717) is 0 Å². The number of ether oxygens (including phenoxy) is 2. The third kappa shape index (κ3) is 4.14. The van der Waals surface area contributed by atoms with Crippen molar-refractivity contribution < 1.29 is 9.47 Å². The van der Waals surface area contributed by atoms with Gasteiger partial charge in [-0.1, -0.05) is 70.2 Å². The van der Waals surface area contributed by atoms with Gasteiger partial charge in [0.25, 0.3) is 0 Å². The molecule has 0 saturated heterocycles. The average molecular weight is 703 g/mol. The van der Waals surface area contributed by atoms with Crippen LogP contribution in [0.5, 0.6) is 17.2 Å². The van der Waals surface area contributed by atoms with E-state index in [1.165, 1.54) is 61.3 Å². The minimum absolute atomic E-state index is 0.187. The highest BCUT2D eigenvalue weighted by Crippen LogP contribution is 2.60. The van der Waals surface area contributed by atoms with Gasteiger partial charge < -0.3 is 19.3 Å². The zero-order valence-electron chi connectivity index (χ0n) is 31.7. The van der Waals surface area contributed by atoms with Crippen LogP contribution in [0.2, 0.25) is 0 Å². The lowest BCUT2D eigenvalue weighted by Crippen LogP contribution is -2.25. The summed E-state index contributed by atoms with van der Waals surface area (Å²) < 4.78 is 12.8. The second-order valence-corrected chi connectivity index (χ2v) is 16.6. The molecule has 0 fully saturated rings. The maximum Gasteiger partial charge on any atom is 0.151 e. The molecule has 4 heteroatoms. The van der Waals surface area contributed by atoms with Gasteiger partial charge in [-0.3, -0.25) is 0 Å². The molecule has 6 aromatic rings. The Morgan fingerprint density at radius 3 is 1.52 bits per heavy atom. The fourth-order valence-corrected chi connectivity index (χ4v) is 10.0. The molecule has 11 rings (SSSR count). The summed E-state index contributed by atoms with van der Waals surface area (Å²) in [5.74, 6) is 3.72. The van der Waals surface area contributed by atoms with Gasteiger partial charge in [-0.25, -0.2) is 0 Å². The minimum Gasteiger partial charge on any atom is -0.457 e. The third-order valence-electron chi connectivity index (χ3n) is 12.7. The van der Waals surface area contributed by atoms with Crippen molar-refractivity contribution in [1.29, 1.82) is 0 Å². The molecule has 0 amide bonds. The second kappa shape index (κ2) is 10.8. The Balaban J connectivity index is 1.05. The molecule has 3 aliphatic carbocycles. The molecule has 6 aromatic carbocycles. The molecule has 0 spiro atoms. The molecular weight excluding hydrogens is 661 g/mol. The van der Waals surface area contributed by atoms with Crippen molar-refractivity contribution in [3.63, 3.8) is 0 Å². The molecule has 0 atom stereocenters. The monoisotopic (exact) mass is 702 g/mol. The summed E-state index contributed by atoms with van der Waals surface area (Å²) in [4.78, 5) is 4.79. The van der Waals surface area contributed by atoms with E-state index in [9.17, 15) is 0 Å². The number of para-hydroxylation sites is 6. The van der Waals surface area contributed by atoms with Crippen LogP contribution in [0.25, 0.3) is 22.3 Å². The van der Waals surface area contributed by atoms with Gasteiger partial charge in [0.05, 0.1) is 22.8 Å². The van der Waals surface area contributed by atoms with Crippen molar-refractivity contribution in [2.45, 2.75) is 65.2 Å². The molecule has 0 unspecified atom stereocenters. The minimum atomic E-state index is -0.194. The van der Waals surface area contributed by atoms with E-state index in [1.54, 1.807) is 0 Å². The number of nitrogens with zero attached hydrogens (tertiary/aromatic N) is 2. The lowest BCUT2D eigenvalue weighted by molar-refractivity contribution is 0.388. The quantitative estimate of drug-likeness (QED) is 0.179. The first-order valence-corrected chi connectivity index (χ1v) is 19.2. The van der Waals surface area contributed by atoms with Gasteiger partial charge in [0.15, 0.2) is 17.2 Å². The largest absolute Gasteiger partial charge is 0.457 e. The molecule has 0 bridgehead atoms. The Kier molecular flexibility index (Phi) is 6.30. The standard InChI is InChI=1S/C50H42N2O2/c1-29-23-31(51-39-15-7-11-19-43(39)53-44-20-12-8-16-40(44)51)25-37-47(29)33-27-36-34(28-35(33)49(37,3)4)48-30(2)24-32(26-38(48)50(36,5)6)52-41-17-9-13-21-45(41)54-46-22-14-10-18-42(46)52/h7-13,15-21,23-28H,14,22H2,1-6H3. The number of rotatable bonds is 2. The van der Waals surface area contributed by atoms with Gasteiger partial charge in [0.1, 0.15) is 5.76 Å². The van der Waals surface area contributed by atoms with Gasteiger partial charge in [-0.15, -0.1) is 0 Å². The Morgan fingerprint density at radius 2 is 0.981 bits per heavy atom. The predicted octanol–water partition coefficient (Wildman–Crippen LogP) is 13.6. The van der Waals surface area contributed by atoms with Crippen LogP contribution in [-0.2, 0) is 10.8 Å². The summed E-state index contributed by atoms with van der Waals surface area (Å²) in [5, 5.41) is 0. The van der Waals surface area contributed by atoms with Crippen molar-refractivity contribution >= 4 is 28.4 Å². The lowest BCUT2D eigenvalue weighted by Gasteiger charge is -2.36. The number of hydrogen-bond acceptors (Lipinski definition) is 4. The molecule has 0 radical (unpaired) electrons. The van der Waals surface area contributed by atoms with E-state index in [-0.39, 0.29) is 10.8 Å². The van der Waals surface area contributed by atoms with Gasteiger partial charge in [-0.2, -0.15) is 0 Å². The first-order chi connectivity index (χ1) is 26.1. The Labute approximate surface area is 317 Å². The second-order valence-electron chi connectivity index (χ2n) is 16.6. The molecule has 5 aliphatic rings. The topological polar surface area (TPSA) is 24.9 Å². The summed E-state index contributed by atoms with van der Waals surface area (Å²) in [7, 11) is 0. The molecule has 264 valence electrons. The van der Waals surface area contributed by atoms with Crippen LogP contribution >= 0.6 is 0 Å². The first kappa shape index (κ1) is 31.5. The van der Waals surface area contributed by atoms with E-state index in [0.717, 1.165) is 64.3 Å². The lowest BCUT2D eigenvalue weighted by atomic mass is 9.79. The highest BCUT2D eigenvalue weighted by atomic mass is 16.5. The maximum atomic E-state index is 6.46. The zero-order valence-corrected chi connectivity index (χ0v) is 31.7. The van der Waals surface area contributed by atoms with E-state index in [4.69, 9.17) is 9.47 Å². The number of anilines is 5. The summed E-state index contributed by atoms with van der Waals surface area (Å²) >= 11 is 0. The molecule has 2 aliphatic heterocycles. The van der Waals surface area contributed by atoms with Crippen molar-refractivity contribution in [1.82, 2.24) is 0 Å². The third-order valence-corrected chi connectivity index (χ3v) is 12.7. The SMILES string of the molecule is Cc1cc(N2C3=C(CCC=C3)Oc3ccccc32)cc2c1-c1cc3c(cc1C2(C)C)-c1c(C)cc(N2c4ccccc4Oc4ccccc42)cc1C3(C)C. The summed E-state index contributed by atoms with van der Waals surface area (Å²) in [5.41, 5.74) is 20.0. The number of fused-ring (bicyclic) bond motifs is 9. The number of allylic oxidation sites excluding steroid dienone is 3. The van der Waals surface area contributed by atoms with Crippen LogP contribution in [0.15, 0.2) is 133 Å². The fourth-order valence-electron chi connectivity index (χ4n) is 10.0. The fraction of sp³-hybridized carbons (Fsp3) is 0.200. The highest BCUT2D eigenvalue weighted by Gasteiger charge is 2.44. The predicted molar refractivity (Wildman–Crippen MR) is 220 cm³/mol. The molecule has 4 nitrogen and oxygen atoms in total. The number of aryl methyl sites for hydroxylation is 2. The van der Waals surface area contributed by atoms with Crippen LogP contribution in [0.4, 0.5) is 28.4 Å². The van der Waals surface area contributed by atoms with Gasteiger partial charge in [0, 0.05) is 28.6 Å². The normalized spacial score (nSPS) is 17.3. The highest BCUT2D eigenvalue weighted by molar-refractivity contribution is 5.95. The maximum absolute atomic E-state index is 6.46. The van der Waals surface area contributed by atoms with Crippen LogP contribution in [-0.4, -0.2) is 0 Å². The van der Waals surface area contributed by atoms with E-state index < -0.39 is 0 Å². The molecule has 54 heavy (non-hydrogen) atoms. The van der Waals surface area contributed by atoms with Crippen LogP contribution < -0.4 is 19.3 Å². The van der Waals surface area contributed by atoms with Crippen molar-refractivity contribution in [2.75, 3.05) is 9.80 Å². The molecule has 0 N–H and O–H groups in total. The smallest absolute Gasteiger partial charge is 0.151 e. The van der Waals surface area contributed by atoms with Crippen LogP contribution in [0, 0.1) is 13.8 Å². The van der Waals surface area contributed by atoms with Gasteiger partial charge in [0.2, 0.25) is 0 Å². The van der Waals surface area contributed by atoms with Gasteiger partial charge >= 0.3 is 0 Å². The Morgan fingerprint density at radius 1 is 0.519 bits per heavy atom. The number of hydrogen-bond donors (Lipinski definition) is 0. The van der Waals surface area contributed by atoms with Crippen LogP contribution in [0.3, 0.4) is 0 Å². The molecular formula is C50H42N2O2. The Bertz CT molecular complexity index is 2670. The van der Waals surface area contributed by atoms with Crippen molar-refractivity contribution in [3.05, 3.63) is 166 Å². The molecule has 2 heterocycles. The van der Waals surface area contributed by atoms with E-state index in [1.807, 2.05) is 12.1 Å². The summed E-state index contributed by atoms with van der Waals surface area (Å²) in [6, 6.07) is 39.9. The summed E-state index contributed by atoms with van der Waals surface area (Å²) in [6.07, 6.45) is 6.42. The first-order valence-electron chi connectivity index (χ1n) is 19.2. The van der Waals surface area contributed by atoms with E-state index in [2.05, 4.69) is 161 Å². The zero-order chi connectivity index (χ0) is 36.7. The van der Waals surface area contributed by atoms with Gasteiger partial charge in [-0.05, 0) is 155 Å². The number of benzene rings is 6. The van der Waals surface area contributed by atoms with Crippen molar-refractivity contribution in [2.24, 2.45) is 0 Å². The Hall–Kier alpha value is -6.00. The summed E-state index contributed by atoms with van der Waals surface area (Å²) in [6.45, 7) is 14.2. The molecule has 0 saturated carbocycles. The van der Waals surface area contributed by atoms with Crippen molar-refractivity contribution in [3.8, 4) is 39.5 Å².